The van der Waals surface area contributed by atoms with Gasteiger partial charge in [-0.2, -0.15) is 0 Å². The summed E-state index contributed by atoms with van der Waals surface area (Å²) in [4.78, 5) is 34.2. The molecule has 128 valence electrons. The number of piperidine rings is 1. The first kappa shape index (κ1) is 16.5. The zero-order valence-corrected chi connectivity index (χ0v) is 14.1. The lowest BCUT2D eigenvalue weighted by molar-refractivity contribution is -0.129. The topological polar surface area (TPSA) is 56.8 Å². The van der Waals surface area contributed by atoms with Gasteiger partial charge in [-0.05, 0) is 37.5 Å². The van der Waals surface area contributed by atoms with Gasteiger partial charge >= 0.3 is 0 Å². The quantitative estimate of drug-likeness (QED) is 0.787. The second kappa shape index (κ2) is 7.03. The standard InChI is InChI=1S/C18H24N4O2/c1-3-17(23)20(2)15-12-22(13-15)18(24)14-7-8-16(19-11-14)21-9-5-4-6-10-21/h3,7-8,11,15H,1,4-6,9-10,12-13H2,2H3. The summed E-state index contributed by atoms with van der Waals surface area (Å²) < 4.78 is 0. The maximum atomic E-state index is 12.5. The van der Waals surface area contributed by atoms with Crippen LogP contribution in [0, 0.1) is 0 Å². The molecule has 2 fully saturated rings. The molecular formula is C18H24N4O2. The fourth-order valence-electron chi connectivity index (χ4n) is 3.20. The highest BCUT2D eigenvalue weighted by Gasteiger charge is 2.35. The average Bonchev–Trinajstić information content (AvgIpc) is 2.60. The van der Waals surface area contributed by atoms with Crippen LogP contribution in [0.15, 0.2) is 31.0 Å². The Kier molecular flexibility index (Phi) is 4.83. The number of amides is 2. The number of likely N-dealkylation sites (tertiary alicyclic amines) is 1. The van der Waals surface area contributed by atoms with Crippen LogP contribution in [-0.4, -0.2) is 65.9 Å². The summed E-state index contributed by atoms with van der Waals surface area (Å²) in [6, 6.07) is 3.86. The van der Waals surface area contributed by atoms with Crippen LogP contribution in [0.3, 0.4) is 0 Å². The molecule has 3 heterocycles. The molecule has 0 bridgehead atoms. The zero-order valence-electron chi connectivity index (χ0n) is 14.1. The van der Waals surface area contributed by atoms with Crippen molar-refractivity contribution in [1.82, 2.24) is 14.8 Å². The van der Waals surface area contributed by atoms with E-state index in [1.165, 1.54) is 25.3 Å². The zero-order chi connectivity index (χ0) is 17.1. The van der Waals surface area contributed by atoms with E-state index in [0.717, 1.165) is 18.9 Å². The van der Waals surface area contributed by atoms with Gasteiger partial charge in [0.05, 0.1) is 11.6 Å². The molecule has 6 heteroatoms. The lowest BCUT2D eigenvalue weighted by Crippen LogP contribution is -2.61. The molecule has 6 nitrogen and oxygen atoms in total. The van der Waals surface area contributed by atoms with E-state index in [-0.39, 0.29) is 17.9 Å². The third kappa shape index (κ3) is 3.27. The molecular weight excluding hydrogens is 304 g/mol. The van der Waals surface area contributed by atoms with Crippen LogP contribution in [0.25, 0.3) is 0 Å². The van der Waals surface area contributed by atoms with Crippen LogP contribution in [0.5, 0.6) is 0 Å². The molecule has 24 heavy (non-hydrogen) atoms. The van der Waals surface area contributed by atoms with E-state index in [2.05, 4.69) is 16.5 Å². The molecule has 2 aliphatic heterocycles. The van der Waals surface area contributed by atoms with E-state index in [0.29, 0.717) is 18.7 Å². The summed E-state index contributed by atoms with van der Waals surface area (Å²) in [5, 5.41) is 0. The molecule has 0 aliphatic carbocycles. The number of aromatic nitrogens is 1. The van der Waals surface area contributed by atoms with Crippen LogP contribution < -0.4 is 4.90 Å². The summed E-state index contributed by atoms with van der Waals surface area (Å²) in [6.45, 7) is 6.68. The SMILES string of the molecule is C=CC(=O)N(C)C1CN(C(=O)c2ccc(N3CCCCC3)nc2)C1. The molecule has 2 amide bonds. The third-order valence-electron chi connectivity index (χ3n) is 4.89. The lowest BCUT2D eigenvalue weighted by atomic mass is 10.1. The number of nitrogens with zero attached hydrogens (tertiary/aromatic N) is 4. The summed E-state index contributed by atoms with van der Waals surface area (Å²) in [5.41, 5.74) is 0.604. The minimum absolute atomic E-state index is 0.0246. The number of likely N-dealkylation sites (N-methyl/N-ethyl adjacent to an activating group) is 1. The molecule has 0 saturated carbocycles. The summed E-state index contributed by atoms with van der Waals surface area (Å²) >= 11 is 0. The molecule has 1 aromatic heterocycles. The second-order valence-electron chi connectivity index (χ2n) is 6.47. The Morgan fingerprint density at radius 3 is 2.54 bits per heavy atom. The van der Waals surface area contributed by atoms with Crippen molar-refractivity contribution in [1.29, 1.82) is 0 Å². The molecule has 0 aromatic carbocycles. The summed E-state index contributed by atoms with van der Waals surface area (Å²) in [6.07, 6.45) is 6.65. The molecule has 0 unspecified atom stereocenters. The first-order chi connectivity index (χ1) is 11.6. The van der Waals surface area contributed by atoms with Gasteiger partial charge in [-0.15, -0.1) is 0 Å². The number of anilines is 1. The van der Waals surface area contributed by atoms with Crippen molar-refractivity contribution >= 4 is 17.6 Å². The number of rotatable bonds is 4. The molecule has 1 aromatic rings. The van der Waals surface area contributed by atoms with Crippen molar-refractivity contribution in [3.05, 3.63) is 36.5 Å². The number of pyridine rings is 1. The highest BCUT2D eigenvalue weighted by Crippen LogP contribution is 2.20. The van der Waals surface area contributed by atoms with Crippen molar-refractivity contribution in [2.75, 3.05) is 38.1 Å². The van der Waals surface area contributed by atoms with Crippen LogP contribution >= 0.6 is 0 Å². The molecule has 3 rings (SSSR count). The van der Waals surface area contributed by atoms with Gasteiger partial charge < -0.3 is 14.7 Å². The molecule has 0 spiro atoms. The van der Waals surface area contributed by atoms with Gasteiger partial charge in [0.25, 0.3) is 5.91 Å². The molecule has 2 saturated heterocycles. The Hall–Kier alpha value is -2.37. The second-order valence-corrected chi connectivity index (χ2v) is 6.47. The lowest BCUT2D eigenvalue weighted by Gasteiger charge is -2.43. The summed E-state index contributed by atoms with van der Waals surface area (Å²) in [5.74, 6) is 0.812. The van der Waals surface area contributed by atoms with E-state index in [1.807, 2.05) is 12.1 Å². The van der Waals surface area contributed by atoms with Crippen LogP contribution in [-0.2, 0) is 4.79 Å². The molecule has 0 N–H and O–H groups in total. The Labute approximate surface area is 142 Å². The maximum Gasteiger partial charge on any atom is 0.255 e. The number of carbonyl (C=O) groups excluding carboxylic acids is 2. The van der Waals surface area contributed by atoms with Gasteiger partial charge in [-0.25, -0.2) is 4.98 Å². The minimum Gasteiger partial charge on any atom is -0.357 e. The van der Waals surface area contributed by atoms with Crippen LogP contribution in [0.2, 0.25) is 0 Å². The van der Waals surface area contributed by atoms with Crippen molar-refractivity contribution in [3.63, 3.8) is 0 Å². The Morgan fingerprint density at radius 1 is 1.25 bits per heavy atom. The van der Waals surface area contributed by atoms with Gasteiger partial charge in [0.1, 0.15) is 5.82 Å². The Morgan fingerprint density at radius 2 is 1.96 bits per heavy atom. The van der Waals surface area contributed by atoms with Crippen molar-refractivity contribution in [2.24, 2.45) is 0 Å². The maximum absolute atomic E-state index is 12.5. The van der Waals surface area contributed by atoms with Crippen molar-refractivity contribution in [2.45, 2.75) is 25.3 Å². The van der Waals surface area contributed by atoms with Gasteiger partial charge in [-0.3, -0.25) is 9.59 Å². The highest BCUT2D eigenvalue weighted by atomic mass is 16.2. The van der Waals surface area contributed by atoms with E-state index in [4.69, 9.17) is 0 Å². The summed E-state index contributed by atoms with van der Waals surface area (Å²) in [7, 11) is 1.74. The fraction of sp³-hybridized carbons (Fsp3) is 0.500. The molecule has 0 atom stereocenters. The predicted molar refractivity (Wildman–Crippen MR) is 93.0 cm³/mol. The Bertz CT molecular complexity index is 616. The van der Waals surface area contributed by atoms with E-state index < -0.39 is 0 Å². The van der Waals surface area contributed by atoms with E-state index in [9.17, 15) is 9.59 Å². The van der Waals surface area contributed by atoms with Gasteiger partial charge in [0, 0.05) is 39.4 Å². The van der Waals surface area contributed by atoms with E-state index >= 15 is 0 Å². The molecule has 2 aliphatic rings. The number of carbonyl (C=O) groups is 2. The van der Waals surface area contributed by atoms with Crippen LogP contribution in [0.4, 0.5) is 5.82 Å². The fourth-order valence-corrected chi connectivity index (χ4v) is 3.20. The first-order valence-corrected chi connectivity index (χ1v) is 8.49. The van der Waals surface area contributed by atoms with Crippen molar-refractivity contribution in [3.8, 4) is 0 Å². The molecule has 0 radical (unpaired) electrons. The van der Waals surface area contributed by atoms with Crippen LogP contribution in [0.1, 0.15) is 29.6 Å². The highest BCUT2D eigenvalue weighted by molar-refractivity contribution is 5.95. The third-order valence-corrected chi connectivity index (χ3v) is 4.89. The number of hydrogen-bond acceptors (Lipinski definition) is 4. The first-order valence-electron chi connectivity index (χ1n) is 8.49. The Balaban J connectivity index is 1.56. The van der Waals surface area contributed by atoms with Gasteiger partial charge in [0.2, 0.25) is 5.91 Å². The largest absolute Gasteiger partial charge is 0.357 e. The van der Waals surface area contributed by atoms with Gasteiger partial charge in [0.15, 0.2) is 0 Å². The monoisotopic (exact) mass is 328 g/mol. The normalized spacial score (nSPS) is 18.0. The number of hydrogen-bond donors (Lipinski definition) is 0. The smallest absolute Gasteiger partial charge is 0.255 e. The van der Waals surface area contributed by atoms with Crippen molar-refractivity contribution < 1.29 is 9.59 Å². The van der Waals surface area contributed by atoms with Gasteiger partial charge in [-0.1, -0.05) is 6.58 Å². The average molecular weight is 328 g/mol. The minimum atomic E-state index is -0.111. The predicted octanol–water partition coefficient (Wildman–Crippen LogP) is 1.54. The van der Waals surface area contributed by atoms with E-state index in [1.54, 1.807) is 23.0 Å².